The van der Waals surface area contributed by atoms with E-state index in [-0.39, 0.29) is 0 Å². The fourth-order valence-electron chi connectivity index (χ4n) is 1.87. The van der Waals surface area contributed by atoms with Crippen LogP contribution >= 0.6 is 0 Å². The van der Waals surface area contributed by atoms with Crippen LogP contribution < -0.4 is 9.84 Å². The zero-order valence-electron chi connectivity index (χ0n) is 8.66. The molecule has 0 spiro atoms. The normalized spacial score (nSPS) is 15.8. The molecule has 1 aliphatic rings. The summed E-state index contributed by atoms with van der Waals surface area (Å²) in [6, 6.07) is 5.77. The van der Waals surface area contributed by atoms with Crippen LogP contribution in [0, 0.1) is 0 Å². The highest BCUT2D eigenvalue weighted by Gasteiger charge is 2.12. The zero-order valence-corrected chi connectivity index (χ0v) is 8.66. The van der Waals surface area contributed by atoms with E-state index in [1.807, 2.05) is 18.2 Å². The fourth-order valence-corrected chi connectivity index (χ4v) is 1.87. The third-order valence-corrected chi connectivity index (χ3v) is 2.71. The lowest BCUT2D eigenvalue weighted by atomic mass is 10.1. The summed E-state index contributed by atoms with van der Waals surface area (Å²) in [6.45, 7) is 1.47. The van der Waals surface area contributed by atoms with Crippen molar-refractivity contribution in [2.24, 2.45) is 0 Å². The lowest BCUT2D eigenvalue weighted by molar-refractivity contribution is -0.312. The predicted molar refractivity (Wildman–Crippen MR) is 53.6 cm³/mol. The van der Waals surface area contributed by atoms with Gasteiger partial charge in [-0.3, -0.25) is 0 Å². The van der Waals surface area contributed by atoms with Crippen LogP contribution in [0.2, 0.25) is 0 Å². The van der Waals surface area contributed by atoms with Gasteiger partial charge in [0.15, 0.2) is 0 Å². The molecule has 3 nitrogen and oxygen atoms in total. The van der Waals surface area contributed by atoms with Gasteiger partial charge in [-0.2, -0.15) is 0 Å². The number of carbonyl (C=O) groups is 1. The molecule has 1 atom stereocenters. The topological polar surface area (TPSA) is 49.4 Å². The summed E-state index contributed by atoms with van der Waals surface area (Å²) >= 11 is 0. The molecule has 2 rings (SSSR count). The van der Waals surface area contributed by atoms with Gasteiger partial charge in [0.2, 0.25) is 0 Å². The third kappa shape index (κ3) is 2.12. The molecule has 15 heavy (non-hydrogen) atoms. The van der Waals surface area contributed by atoms with E-state index < -0.39 is 12.1 Å². The van der Waals surface area contributed by atoms with Gasteiger partial charge in [-0.15, -0.1) is 0 Å². The molecule has 0 bridgehead atoms. The molecule has 0 unspecified atom stereocenters. The summed E-state index contributed by atoms with van der Waals surface area (Å²) < 4.78 is 5.24. The first kappa shape index (κ1) is 10.0. The lowest BCUT2D eigenvalue weighted by Gasteiger charge is -2.15. The van der Waals surface area contributed by atoms with Gasteiger partial charge in [0, 0.05) is 0 Å². The quantitative estimate of drug-likeness (QED) is 0.729. The van der Waals surface area contributed by atoms with Gasteiger partial charge < -0.3 is 14.6 Å². The van der Waals surface area contributed by atoms with Crippen molar-refractivity contribution in [3.05, 3.63) is 29.3 Å². The van der Waals surface area contributed by atoms with E-state index in [1.54, 1.807) is 0 Å². The van der Waals surface area contributed by atoms with Gasteiger partial charge in [0.25, 0.3) is 0 Å². The summed E-state index contributed by atoms with van der Waals surface area (Å²) in [4.78, 5) is 10.5. The molecule has 0 amide bonds. The van der Waals surface area contributed by atoms with E-state index in [0.717, 1.165) is 12.8 Å². The van der Waals surface area contributed by atoms with E-state index in [1.165, 1.54) is 24.5 Å². The number of hydrogen-bond donors (Lipinski definition) is 0. The van der Waals surface area contributed by atoms with Crippen molar-refractivity contribution in [3.8, 4) is 5.75 Å². The number of carboxylic acids is 1. The number of hydrogen-bond acceptors (Lipinski definition) is 3. The lowest BCUT2D eigenvalue weighted by Crippen LogP contribution is -2.37. The number of benzene rings is 1. The Kier molecular flexibility index (Phi) is 2.62. The van der Waals surface area contributed by atoms with Crippen LogP contribution in [-0.2, 0) is 17.6 Å². The van der Waals surface area contributed by atoms with Crippen LogP contribution in [0.15, 0.2) is 18.2 Å². The summed E-state index contributed by atoms with van der Waals surface area (Å²) in [5.41, 5.74) is 2.63. The molecule has 0 saturated carbocycles. The second-order valence-electron chi connectivity index (χ2n) is 3.86. The number of aliphatic carboxylic acids is 1. The molecule has 0 radical (unpaired) electrons. The molecule has 80 valence electrons. The molecule has 0 N–H and O–H groups in total. The van der Waals surface area contributed by atoms with Gasteiger partial charge in [-0.05, 0) is 49.4 Å². The number of carbonyl (C=O) groups excluding carboxylic acids is 1. The first-order valence-corrected chi connectivity index (χ1v) is 5.16. The Hall–Kier alpha value is -1.51. The fraction of sp³-hybridized carbons (Fsp3) is 0.417. The minimum absolute atomic E-state index is 0.618. The predicted octanol–water partition coefficient (Wildman–Crippen LogP) is 0.692. The van der Waals surface area contributed by atoms with Gasteiger partial charge in [0.1, 0.15) is 11.9 Å². The molecule has 3 heteroatoms. The van der Waals surface area contributed by atoms with Crippen LogP contribution in [0.5, 0.6) is 5.75 Å². The molecule has 1 aliphatic carbocycles. The van der Waals surface area contributed by atoms with Crippen LogP contribution in [0.25, 0.3) is 0 Å². The summed E-state index contributed by atoms with van der Waals surface area (Å²) in [7, 11) is 0. The Labute approximate surface area is 88.7 Å². The van der Waals surface area contributed by atoms with Crippen LogP contribution in [0.4, 0.5) is 0 Å². The minimum atomic E-state index is -1.18. The van der Waals surface area contributed by atoms with Crippen molar-refractivity contribution in [1.82, 2.24) is 0 Å². The Balaban J connectivity index is 2.13. The third-order valence-electron chi connectivity index (χ3n) is 2.71. The average Bonchev–Trinajstić information content (AvgIpc) is 2.64. The monoisotopic (exact) mass is 205 g/mol. The standard InChI is InChI=1S/C12H14O3/c1-8(12(13)14)15-11-6-5-9-3-2-4-10(9)7-11/h5-8H,2-4H2,1H3,(H,13,14)/p-1/t8-/m1/s1. The zero-order chi connectivity index (χ0) is 10.8. The maximum atomic E-state index is 10.5. The maximum absolute atomic E-state index is 10.5. The van der Waals surface area contributed by atoms with Crippen molar-refractivity contribution < 1.29 is 14.6 Å². The van der Waals surface area contributed by atoms with Crippen molar-refractivity contribution >= 4 is 5.97 Å². The van der Waals surface area contributed by atoms with Gasteiger partial charge in [0.05, 0.1) is 5.97 Å². The minimum Gasteiger partial charge on any atom is -0.546 e. The largest absolute Gasteiger partial charge is 0.546 e. The molecule has 0 saturated heterocycles. The first-order valence-electron chi connectivity index (χ1n) is 5.16. The van der Waals surface area contributed by atoms with Gasteiger partial charge >= 0.3 is 0 Å². The number of aryl methyl sites for hydroxylation is 2. The highest BCUT2D eigenvalue weighted by Crippen LogP contribution is 2.26. The molecule has 1 aromatic rings. The molecular weight excluding hydrogens is 192 g/mol. The van der Waals surface area contributed by atoms with E-state index in [4.69, 9.17) is 4.74 Å². The Morgan fingerprint density at radius 1 is 1.40 bits per heavy atom. The van der Waals surface area contributed by atoms with Crippen molar-refractivity contribution in [2.45, 2.75) is 32.3 Å². The summed E-state index contributed by atoms with van der Waals surface area (Å²) in [5.74, 6) is -0.567. The van der Waals surface area contributed by atoms with E-state index in [2.05, 4.69) is 0 Å². The molecule has 0 aromatic heterocycles. The molecular formula is C12H13O3-. The molecule has 1 aromatic carbocycles. The van der Waals surface area contributed by atoms with Crippen molar-refractivity contribution in [2.75, 3.05) is 0 Å². The number of carboxylic acid groups (broad SMARTS) is 1. The second-order valence-corrected chi connectivity index (χ2v) is 3.86. The van der Waals surface area contributed by atoms with Gasteiger partial charge in [-0.25, -0.2) is 0 Å². The van der Waals surface area contributed by atoms with Crippen molar-refractivity contribution in [1.29, 1.82) is 0 Å². The Morgan fingerprint density at radius 3 is 2.87 bits per heavy atom. The SMILES string of the molecule is C[C@@H](Oc1ccc2c(c1)CCC2)C(=O)[O-]. The van der Waals surface area contributed by atoms with Crippen LogP contribution in [-0.4, -0.2) is 12.1 Å². The highest BCUT2D eigenvalue weighted by atomic mass is 16.5. The molecule has 0 heterocycles. The smallest absolute Gasteiger partial charge is 0.135 e. The van der Waals surface area contributed by atoms with Crippen LogP contribution in [0.3, 0.4) is 0 Å². The first-order chi connectivity index (χ1) is 7.16. The summed E-state index contributed by atoms with van der Waals surface area (Å²) in [6.07, 6.45) is 2.46. The van der Waals surface area contributed by atoms with E-state index in [9.17, 15) is 9.90 Å². The average molecular weight is 205 g/mol. The van der Waals surface area contributed by atoms with E-state index in [0.29, 0.717) is 5.75 Å². The molecule has 0 fully saturated rings. The number of rotatable bonds is 3. The summed E-state index contributed by atoms with van der Waals surface area (Å²) in [5, 5.41) is 10.5. The second kappa shape index (κ2) is 3.93. The maximum Gasteiger partial charge on any atom is 0.135 e. The van der Waals surface area contributed by atoms with Crippen LogP contribution in [0.1, 0.15) is 24.5 Å². The Bertz CT molecular complexity index is 384. The Morgan fingerprint density at radius 2 is 2.13 bits per heavy atom. The van der Waals surface area contributed by atoms with Gasteiger partial charge in [-0.1, -0.05) is 6.07 Å². The van der Waals surface area contributed by atoms with Crippen molar-refractivity contribution in [3.63, 3.8) is 0 Å². The number of fused-ring (bicyclic) bond motifs is 1. The highest BCUT2D eigenvalue weighted by molar-refractivity contribution is 5.69. The number of ether oxygens (including phenoxy) is 1. The van der Waals surface area contributed by atoms with E-state index >= 15 is 0 Å². The molecule has 0 aliphatic heterocycles.